The van der Waals surface area contributed by atoms with Crippen molar-refractivity contribution in [1.82, 2.24) is 0 Å². The van der Waals surface area contributed by atoms with Crippen LogP contribution in [-0.2, 0) is 0 Å². The van der Waals surface area contributed by atoms with Gasteiger partial charge in [-0.05, 0) is 12.1 Å². The molecule has 0 fully saturated rings. The van der Waals surface area contributed by atoms with Crippen LogP contribution in [0.2, 0.25) is 0 Å². The van der Waals surface area contributed by atoms with Crippen molar-refractivity contribution in [2.45, 2.75) is 3.67 Å². The molecule has 0 amide bonds. The Labute approximate surface area is 110 Å². The smallest absolute Gasteiger partial charge is 0.269 e. The number of hydrogen-bond acceptors (Lipinski definition) is 5. The van der Waals surface area contributed by atoms with Crippen LogP contribution in [0.5, 0.6) is 0 Å². The molecule has 0 heterocycles. The summed E-state index contributed by atoms with van der Waals surface area (Å²) in [4.78, 5) is 21.5. The lowest BCUT2D eigenvalue weighted by atomic mass is 10.1. The molecule has 0 spiro atoms. The maximum atomic E-state index is 11.7. The molecule has 0 atom stereocenters. The van der Waals surface area contributed by atoms with Crippen LogP contribution in [0, 0.1) is 20.8 Å². The zero-order valence-electron chi connectivity index (χ0n) is 8.09. The summed E-state index contributed by atoms with van der Waals surface area (Å²) in [5.74, 6) is -0.692. The number of nitro benzene ring substituents is 1. The van der Waals surface area contributed by atoms with Crippen LogP contribution in [-0.4, -0.2) is 14.4 Å². The molecule has 0 aliphatic heterocycles. The summed E-state index contributed by atoms with van der Waals surface area (Å²) in [5.41, 5.74) is -0.0485. The number of benzene rings is 1. The Kier molecular flexibility index (Phi) is 4.34. The number of carbonyl (C=O) groups excluding carboxylic acids is 1. The summed E-state index contributed by atoms with van der Waals surface area (Å²) in [7, 11) is 0. The fraction of sp³-hybridized carbons (Fsp3) is 0.111. The van der Waals surface area contributed by atoms with Gasteiger partial charge in [-0.2, -0.15) is 5.26 Å². The Morgan fingerprint density at radius 1 is 1.41 bits per heavy atom. The van der Waals surface area contributed by atoms with E-state index < -0.39 is 14.4 Å². The van der Waals surface area contributed by atoms with Crippen molar-refractivity contribution in [3.63, 3.8) is 0 Å². The zero-order valence-corrected chi connectivity index (χ0v) is 10.4. The van der Waals surface area contributed by atoms with Gasteiger partial charge in [0.15, 0.2) is 0 Å². The molecule has 8 heteroatoms. The van der Waals surface area contributed by atoms with Gasteiger partial charge in [-0.15, -0.1) is 0 Å². The van der Waals surface area contributed by atoms with Crippen molar-refractivity contribution < 1.29 is 9.72 Å². The first-order valence-corrected chi connectivity index (χ1v) is 5.70. The quantitative estimate of drug-likeness (QED) is 0.280. The summed E-state index contributed by atoms with van der Waals surface area (Å²) in [6.07, 6.45) is 0. The molecule has 0 radical (unpaired) electrons. The highest BCUT2D eigenvalue weighted by atomic mass is 35.5. The van der Waals surface area contributed by atoms with Gasteiger partial charge in [-0.3, -0.25) is 14.9 Å². The minimum absolute atomic E-state index is 0.100. The van der Waals surface area contributed by atoms with Crippen molar-refractivity contribution in [2.75, 3.05) is 0 Å². The van der Waals surface area contributed by atoms with Crippen LogP contribution in [0.25, 0.3) is 0 Å². The molecule has 1 rings (SSSR count). The summed E-state index contributed by atoms with van der Waals surface area (Å²) < 4.78 is -1.91. The molecule has 1 aromatic rings. The van der Waals surface area contributed by atoms with Gasteiger partial charge < -0.3 is 0 Å². The highest BCUT2D eigenvalue weighted by molar-refractivity contribution is 8.08. The fourth-order valence-corrected chi connectivity index (χ4v) is 1.76. The van der Waals surface area contributed by atoms with Crippen LogP contribution < -0.4 is 0 Å². The van der Waals surface area contributed by atoms with Gasteiger partial charge in [0.2, 0.25) is 9.45 Å². The van der Waals surface area contributed by atoms with Gasteiger partial charge in [0.25, 0.3) is 5.69 Å². The Hall–Kier alpha value is -1.29. The van der Waals surface area contributed by atoms with Crippen molar-refractivity contribution in [2.24, 2.45) is 0 Å². The molecule has 0 N–H and O–H groups in total. The van der Waals surface area contributed by atoms with E-state index in [1.807, 2.05) is 0 Å². The van der Waals surface area contributed by atoms with E-state index >= 15 is 0 Å². The molecule has 0 aromatic heterocycles. The van der Waals surface area contributed by atoms with E-state index in [0.717, 1.165) is 12.1 Å². The Bertz CT molecular complexity index is 496. The topological polar surface area (TPSA) is 84.0 Å². The number of nitriles is 1. The summed E-state index contributed by atoms with van der Waals surface area (Å²) in [5, 5.41) is 20.4. The number of alkyl halides is 2. The van der Waals surface area contributed by atoms with Crippen molar-refractivity contribution >= 4 is 46.4 Å². The number of non-ortho nitro benzene ring substituents is 1. The molecule has 17 heavy (non-hydrogen) atoms. The third kappa shape index (κ3) is 3.33. The van der Waals surface area contributed by atoms with E-state index in [-0.39, 0.29) is 11.3 Å². The predicted octanol–water partition coefficient (Wildman–Crippen LogP) is 3.12. The van der Waals surface area contributed by atoms with E-state index in [9.17, 15) is 14.9 Å². The van der Waals surface area contributed by atoms with E-state index in [0.29, 0.717) is 11.8 Å². The van der Waals surface area contributed by atoms with Gasteiger partial charge in [0.1, 0.15) is 5.40 Å². The molecule has 0 aliphatic carbocycles. The Morgan fingerprint density at radius 3 is 2.35 bits per heavy atom. The van der Waals surface area contributed by atoms with Crippen molar-refractivity contribution in [3.8, 4) is 5.40 Å². The second kappa shape index (κ2) is 5.36. The number of hydrogen-bond donors (Lipinski definition) is 0. The minimum Gasteiger partial charge on any atom is -0.290 e. The first-order chi connectivity index (χ1) is 7.88. The lowest BCUT2D eigenvalue weighted by Crippen LogP contribution is -2.21. The van der Waals surface area contributed by atoms with Gasteiger partial charge in [0, 0.05) is 29.5 Å². The predicted molar refractivity (Wildman–Crippen MR) is 65.1 cm³/mol. The average molecular weight is 291 g/mol. The highest BCUT2D eigenvalue weighted by Gasteiger charge is 2.35. The van der Waals surface area contributed by atoms with Crippen molar-refractivity contribution in [3.05, 3.63) is 39.9 Å². The lowest BCUT2D eigenvalue weighted by Gasteiger charge is -2.12. The van der Waals surface area contributed by atoms with E-state index in [4.69, 9.17) is 28.5 Å². The maximum absolute atomic E-state index is 11.7. The maximum Gasteiger partial charge on any atom is 0.269 e. The Morgan fingerprint density at radius 2 is 1.94 bits per heavy atom. The molecule has 0 aliphatic rings. The van der Waals surface area contributed by atoms with Gasteiger partial charge in [-0.25, -0.2) is 0 Å². The summed E-state index contributed by atoms with van der Waals surface area (Å²) in [6, 6.07) is 4.79. The molecule has 0 saturated heterocycles. The molecular formula is C9H4Cl2N2O3S. The van der Waals surface area contributed by atoms with Crippen molar-refractivity contribution in [1.29, 1.82) is 5.26 Å². The van der Waals surface area contributed by atoms with Gasteiger partial charge >= 0.3 is 0 Å². The number of thioether (sulfide) groups is 1. The fourth-order valence-electron chi connectivity index (χ4n) is 1.01. The molecular weight excluding hydrogens is 287 g/mol. The minimum atomic E-state index is -1.91. The number of rotatable bonds is 4. The molecule has 0 unspecified atom stereocenters. The summed E-state index contributed by atoms with van der Waals surface area (Å²) in [6.45, 7) is 0. The first kappa shape index (κ1) is 13.8. The lowest BCUT2D eigenvalue weighted by molar-refractivity contribution is -0.384. The second-order valence-electron chi connectivity index (χ2n) is 2.84. The third-order valence-electron chi connectivity index (χ3n) is 1.78. The molecule has 0 bridgehead atoms. The van der Waals surface area contributed by atoms with E-state index in [1.165, 1.54) is 12.1 Å². The van der Waals surface area contributed by atoms with Crippen LogP contribution in [0.3, 0.4) is 0 Å². The first-order valence-electron chi connectivity index (χ1n) is 4.12. The second-order valence-corrected chi connectivity index (χ2v) is 5.62. The van der Waals surface area contributed by atoms with E-state index in [2.05, 4.69) is 0 Å². The number of nitro groups is 1. The highest BCUT2D eigenvalue weighted by Crippen LogP contribution is 2.37. The number of halogens is 2. The monoisotopic (exact) mass is 290 g/mol. The van der Waals surface area contributed by atoms with Gasteiger partial charge in [0.05, 0.1) is 4.92 Å². The number of nitrogens with zero attached hydrogens (tertiary/aromatic N) is 2. The molecule has 5 nitrogen and oxygen atoms in total. The van der Waals surface area contributed by atoms with E-state index in [1.54, 1.807) is 5.40 Å². The van der Waals surface area contributed by atoms with Gasteiger partial charge in [-0.1, -0.05) is 23.2 Å². The number of carbonyl (C=O) groups is 1. The number of thiocyanates is 1. The molecule has 1 aromatic carbocycles. The largest absolute Gasteiger partial charge is 0.290 e. The third-order valence-corrected chi connectivity index (χ3v) is 3.12. The zero-order chi connectivity index (χ0) is 13.1. The van der Waals surface area contributed by atoms with Crippen LogP contribution >= 0.6 is 35.0 Å². The Balaban J connectivity index is 2.99. The standard InChI is InChI=1S/C9H4Cl2N2O3S/c10-9(11,17-5-12)8(14)6-1-3-7(4-2-6)13(15)16/h1-4H. The SMILES string of the molecule is N#CSC(Cl)(Cl)C(=O)c1ccc([N+](=O)[O-])cc1. The molecule has 0 saturated carbocycles. The van der Waals surface area contributed by atoms with Crippen LogP contribution in [0.15, 0.2) is 24.3 Å². The average Bonchev–Trinajstić information content (AvgIpc) is 2.28. The number of Topliss-reactive ketones (excluding diaryl/α,β-unsaturated/α-hetero) is 1. The van der Waals surface area contributed by atoms with Crippen LogP contribution in [0.4, 0.5) is 5.69 Å². The number of ketones is 1. The van der Waals surface area contributed by atoms with Crippen LogP contribution in [0.1, 0.15) is 10.4 Å². The summed E-state index contributed by atoms with van der Waals surface area (Å²) >= 11 is 11.7. The molecule has 88 valence electrons. The normalized spacial score (nSPS) is 10.6.